The van der Waals surface area contributed by atoms with Crippen molar-refractivity contribution in [2.75, 3.05) is 23.3 Å². The molecule has 8 nitrogen and oxygen atoms in total. The largest absolute Gasteiger partial charge is 0.348 e. The summed E-state index contributed by atoms with van der Waals surface area (Å²) < 4.78 is 2.02. The van der Waals surface area contributed by atoms with Gasteiger partial charge in [0, 0.05) is 55.4 Å². The molecule has 0 saturated carbocycles. The van der Waals surface area contributed by atoms with Crippen LogP contribution in [0.4, 0.5) is 11.4 Å². The molecule has 3 amide bonds. The van der Waals surface area contributed by atoms with Crippen LogP contribution < -0.4 is 15.5 Å². The van der Waals surface area contributed by atoms with Gasteiger partial charge in [0.1, 0.15) is 5.82 Å². The van der Waals surface area contributed by atoms with Crippen LogP contribution in [0.2, 0.25) is 0 Å². The minimum absolute atomic E-state index is 0.112. The number of anilines is 2. The predicted molar refractivity (Wildman–Crippen MR) is 127 cm³/mol. The van der Waals surface area contributed by atoms with Crippen molar-refractivity contribution in [3.05, 3.63) is 66.5 Å². The monoisotopic (exact) mass is 445 g/mol. The second kappa shape index (κ2) is 10.1. The van der Waals surface area contributed by atoms with Crippen LogP contribution >= 0.6 is 0 Å². The molecule has 1 aromatic heterocycles. The lowest BCUT2D eigenvalue weighted by Gasteiger charge is -2.19. The van der Waals surface area contributed by atoms with E-state index in [0.717, 1.165) is 29.1 Å². The molecule has 1 fully saturated rings. The van der Waals surface area contributed by atoms with Gasteiger partial charge in [-0.2, -0.15) is 0 Å². The number of benzene rings is 2. The molecule has 3 aromatic rings. The molecule has 33 heavy (non-hydrogen) atoms. The number of hydrogen-bond acceptors (Lipinski definition) is 4. The standard InChI is InChI=1S/C25H27N5O3/c1-18-17-20(10-11-21(18)30-15-5-9-22(30)31)28-25(33)24(32)27-12-6-14-29-16-13-26-23(29)19-7-3-2-4-8-19/h2-4,7-8,10-11,13,16-17H,5-6,9,12,14-15H2,1H3,(H,27,32)(H,28,33). The Kier molecular flexibility index (Phi) is 6.83. The number of imidazole rings is 1. The van der Waals surface area contributed by atoms with Gasteiger partial charge in [0.2, 0.25) is 5.91 Å². The van der Waals surface area contributed by atoms with Crippen molar-refractivity contribution in [2.45, 2.75) is 32.7 Å². The van der Waals surface area contributed by atoms with E-state index in [2.05, 4.69) is 15.6 Å². The maximum Gasteiger partial charge on any atom is 0.313 e. The Hall–Kier alpha value is -3.94. The minimum Gasteiger partial charge on any atom is -0.348 e. The maximum atomic E-state index is 12.3. The molecular formula is C25H27N5O3. The van der Waals surface area contributed by atoms with Gasteiger partial charge in [0.05, 0.1) is 0 Å². The fraction of sp³-hybridized carbons (Fsp3) is 0.280. The lowest BCUT2D eigenvalue weighted by Crippen LogP contribution is -2.36. The lowest BCUT2D eigenvalue weighted by atomic mass is 10.1. The molecule has 8 heteroatoms. The van der Waals surface area contributed by atoms with Gasteiger partial charge in [-0.05, 0) is 43.5 Å². The molecule has 2 heterocycles. The summed E-state index contributed by atoms with van der Waals surface area (Å²) in [4.78, 5) is 42.6. The van der Waals surface area contributed by atoms with Gasteiger partial charge in [-0.15, -0.1) is 0 Å². The Labute approximate surface area is 192 Å². The maximum absolute atomic E-state index is 12.3. The number of amides is 3. The molecule has 4 rings (SSSR count). The van der Waals surface area contributed by atoms with Gasteiger partial charge >= 0.3 is 11.8 Å². The summed E-state index contributed by atoms with van der Waals surface area (Å²) in [6, 6.07) is 15.2. The van der Waals surface area contributed by atoms with E-state index in [1.807, 2.05) is 54.1 Å². The highest BCUT2D eigenvalue weighted by Crippen LogP contribution is 2.27. The van der Waals surface area contributed by atoms with Crippen molar-refractivity contribution in [1.82, 2.24) is 14.9 Å². The van der Waals surface area contributed by atoms with Gasteiger partial charge in [-0.25, -0.2) is 4.98 Å². The number of hydrogen-bond donors (Lipinski definition) is 2. The number of aromatic nitrogens is 2. The van der Waals surface area contributed by atoms with Crippen LogP contribution in [-0.2, 0) is 20.9 Å². The number of nitrogens with zero attached hydrogens (tertiary/aromatic N) is 3. The molecule has 2 aromatic carbocycles. The first-order valence-electron chi connectivity index (χ1n) is 11.1. The van der Waals surface area contributed by atoms with Gasteiger partial charge in [-0.1, -0.05) is 30.3 Å². The van der Waals surface area contributed by atoms with E-state index >= 15 is 0 Å². The average molecular weight is 446 g/mol. The summed E-state index contributed by atoms with van der Waals surface area (Å²) >= 11 is 0. The van der Waals surface area contributed by atoms with Crippen LogP contribution in [0.15, 0.2) is 60.9 Å². The quantitative estimate of drug-likeness (QED) is 0.431. The fourth-order valence-corrected chi connectivity index (χ4v) is 4.00. The third-order valence-electron chi connectivity index (χ3n) is 5.63. The van der Waals surface area contributed by atoms with E-state index in [1.165, 1.54) is 0 Å². The first kappa shape index (κ1) is 22.3. The van der Waals surface area contributed by atoms with Crippen LogP contribution in [0, 0.1) is 6.92 Å². The Morgan fingerprint density at radius 2 is 1.91 bits per heavy atom. The van der Waals surface area contributed by atoms with Crippen molar-refractivity contribution >= 4 is 29.1 Å². The molecule has 1 aliphatic rings. The third kappa shape index (κ3) is 5.28. The second-order valence-corrected chi connectivity index (χ2v) is 8.02. The first-order chi connectivity index (χ1) is 16.0. The lowest BCUT2D eigenvalue weighted by molar-refractivity contribution is -0.136. The zero-order chi connectivity index (χ0) is 23.2. The summed E-state index contributed by atoms with van der Waals surface area (Å²) in [5.74, 6) is -0.415. The summed E-state index contributed by atoms with van der Waals surface area (Å²) in [6.07, 6.45) is 5.73. The molecule has 1 saturated heterocycles. The molecule has 2 N–H and O–H groups in total. The second-order valence-electron chi connectivity index (χ2n) is 8.02. The number of nitrogens with one attached hydrogen (secondary N) is 2. The van der Waals surface area contributed by atoms with Crippen LogP contribution in [0.5, 0.6) is 0 Å². The fourth-order valence-electron chi connectivity index (χ4n) is 4.00. The topological polar surface area (TPSA) is 96.3 Å². The Balaban J connectivity index is 1.25. The molecule has 0 unspecified atom stereocenters. The highest BCUT2D eigenvalue weighted by molar-refractivity contribution is 6.39. The molecule has 0 radical (unpaired) electrons. The van der Waals surface area contributed by atoms with E-state index in [1.54, 1.807) is 23.2 Å². The molecule has 0 spiro atoms. The summed E-state index contributed by atoms with van der Waals surface area (Å²) in [5, 5.41) is 5.29. The number of carbonyl (C=O) groups is 3. The molecule has 0 bridgehead atoms. The van der Waals surface area contributed by atoms with E-state index in [-0.39, 0.29) is 5.91 Å². The SMILES string of the molecule is Cc1cc(NC(=O)C(=O)NCCCn2ccnc2-c2ccccc2)ccc1N1CCCC1=O. The minimum atomic E-state index is -0.716. The van der Waals surface area contributed by atoms with Gasteiger partial charge in [0.15, 0.2) is 0 Å². The van der Waals surface area contributed by atoms with Crippen molar-refractivity contribution < 1.29 is 14.4 Å². The van der Waals surface area contributed by atoms with E-state index in [0.29, 0.717) is 38.2 Å². The zero-order valence-corrected chi connectivity index (χ0v) is 18.6. The van der Waals surface area contributed by atoms with Crippen molar-refractivity contribution in [3.8, 4) is 11.4 Å². The van der Waals surface area contributed by atoms with Gasteiger partial charge in [-0.3, -0.25) is 14.4 Å². The normalized spacial score (nSPS) is 13.2. The Morgan fingerprint density at radius 1 is 1.09 bits per heavy atom. The molecule has 1 aliphatic heterocycles. The summed E-state index contributed by atoms with van der Waals surface area (Å²) in [7, 11) is 0. The predicted octanol–water partition coefficient (Wildman–Crippen LogP) is 3.13. The average Bonchev–Trinajstić information content (AvgIpc) is 3.46. The smallest absolute Gasteiger partial charge is 0.313 e. The summed E-state index contributed by atoms with van der Waals surface area (Å²) in [5.41, 5.74) is 3.27. The molecule has 0 aliphatic carbocycles. The number of carbonyl (C=O) groups excluding carboxylic acids is 3. The van der Waals surface area contributed by atoms with Crippen molar-refractivity contribution in [1.29, 1.82) is 0 Å². The van der Waals surface area contributed by atoms with E-state index < -0.39 is 11.8 Å². The molecule has 0 atom stereocenters. The van der Waals surface area contributed by atoms with Crippen LogP contribution in [0.25, 0.3) is 11.4 Å². The number of aryl methyl sites for hydroxylation is 2. The van der Waals surface area contributed by atoms with Crippen LogP contribution in [0.3, 0.4) is 0 Å². The first-order valence-corrected chi connectivity index (χ1v) is 11.1. The van der Waals surface area contributed by atoms with E-state index in [9.17, 15) is 14.4 Å². The summed E-state index contributed by atoms with van der Waals surface area (Å²) in [6.45, 7) is 3.63. The highest BCUT2D eigenvalue weighted by Gasteiger charge is 2.23. The van der Waals surface area contributed by atoms with Gasteiger partial charge in [0.25, 0.3) is 0 Å². The van der Waals surface area contributed by atoms with Gasteiger partial charge < -0.3 is 20.1 Å². The van der Waals surface area contributed by atoms with Crippen LogP contribution in [0.1, 0.15) is 24.8 Å². The third-order valence-corrected chi connectivity index (χ3v) is 5.63. The Morgan fingerprint density at radius 3 is 2.64 bits per heavy atom. The molecular weight excluding hydrogens is 418 g/mol. The molecule has 170 valence electrons. The van der Waals surface area contributed by atoms with Crippen LogP contribution in [-0.4, -0.2) is 40.4 Å². The zero-order valence-electron chi connectivity index (χ0n) is 18.6. The highest BCUT2D eigenvalue weighted by atomic mass is 16.2. The van der Waals surface area contributed by atoms with E-state index in [4.69, 9.17) is 0 Å². The number of rotatable bonds is 7. The van der Waals surface area contributed by atoms with Crippen molar-refractivity contribution in [3.63, 3.8) is 0 Å². The Bertz CT molecular complexity index is 1160. The van der Waals surface area contributed by atoms with Crippen molar-refractivity contribution in [2.24, 2.45) is 0 Å².